The number of methoxy groups -OCH3 is 1. The van der Waals surface area contributed by atoms with Crippen molar-refractivity contribution in [2.75, 3.05) is 13.7 Å². The summed E-state index contributed by atoms with van der Waals surface area (Å²) in [6.45, 7) is 2.76. The second-order valence-corrected chi connectivity index (χ2v) is 5.53. The number of ether oxygens (including phenoxy) is 3. The minimum Gasteiger partial charge on any atom is -0.493 e. The molecule has 0 spiro atoms. The molecule has 2 N–H and O–H groups in total. The molecule has 1 saturated heterocycles. The summed E-state index contributed by atoms with van der Waals surface area (Å²) < 4.78 is 39.5. The van der Waals surface area contributed by atoms with Crippen LogP contribution in [0.3, 0.4) is 0 Å². The fraction of sp³-hybridized carbons (Fsp3) is 0.375. The molecule has 2 atom stereocenters. The Morgan fingerprint density at radius 2 is 2.12 bits per heavy atom. The SMILES string of the molecule is C=C1NC(=S)N[C@H](c2ccc(OC(F)F)c(OC)c2)[C@H]1C(=O)OCC. The standard InChI is InChI=1S/C16H18F2N2O4S/c1-4-23-14(21)12-8(2)19-16(25)20-13(12)9-5-6-10(24-15(17)18)11(7-9)22-3/h5-7,12-13,15H,2,4H2,1,3H3,(H2,19,20,25)/t12-,13+/m0/s1. The van der Waals surface area contributed by atoms with E-state index >= 15 is 0 Å². The van der Waals surface area contributed by atoms with Crippen molar-refractivity contribution >= 4 is 23.3 Å². The van der Waals surface area contributed by atoms with Crippen LogP contribution in [-0.4, -0.2) is 31.4 Å². The van der Waals surface area contributed by atoms with E-state index in [1.807, 2.05) is 0 Å². The summed E-state index contributed by atoms with van der Waals surface area (Å²) in [5, 5.41) is 6.08. The lowest BCUT2D eigenvalue weighted by Gasteiger charge is -2.35. The highest BCUT2D eigenvalue weighted by Gasteiger charge is 2.38. The highest BCUT2D eigenvalue weighted by atomic mass is 32.1. The molecule has 1 fully saturated rings. The van der Waals surface area contributed by atoms with E-state index in [2.05, 4.69) is 21.9 Å². The van der Waals surface area contributed by atoms with Crippen LogP contribution in [0, 0.1) is 5.92 Å². The van der Waals surface area contributed by atoms with Gasteiger partial charge in [-0.05, 0) is 36.8 Å². The minimum absolute atomic E-state index is 0.107. The Balaban J connectivity index is 2.39. The summed E-state index contributed by atoms with van der Waals surface area (Å²) in [6, 6.07) is 3.81. The molecular formula is C16H18F2N2O4S. The van der Waals surface area contributed by atoms with E-state index in [0.717, 1.165) is 0 Å². The molecule has 1 heterocycles. The first-order chi connectivity index (χ1) is 11.9. The summed E-state index contributed by atoms with van der Waals surface area (Å²) >= 11 is 5.12. The number of benzene rings is 1. The number of hydrogen-bond donors (Lipinski definition) is 2. The third kappa shape index (κ3) is 4.36. The first kappa shape index (κ1) is 18.9. The normalized spacial score (nSPS) is 19.9. The highest BCUT2D eigenvalue weighted by molar-refractivity contribution is 7.80. The third-order valence-electron chi connectivity index (χ3n) is 3.57. The topological polar surface area (TPSA) is 68.8 Å². The smallest absolute Gasteiger partial charge is 0.387 e. The number of hydrogen-bond acceptors (Lipinski definition) is 5. The van der Waals surface area contributed by atoms with Crippen LogP contribution in [0.25, 0.3) is 0 Å². The fourth-order valence-corrected chi connectivity index (χ4v) is 2.80. The van der Waals surface area contributed by atoms with Gasteiger partial charge in [-0.1, -0.05) is 12.6 Å². The Kier molecular flexibility index (Phi) is 6.13. The number of nitrogens with one attached hydrogen (secondary N) is 2. The average Bonchev–Trinajstić information content (AvgIpc) is 2.54. The van der Waals surface area contributed by atoms with Crippen molar-refractivity contribution in [1.82, 2.24) is 10.6 Å². The molecule has 0 aliphatic carbocycles. The van der Waals surface area contributed by atoms with Crippen molar-refractivity contribution in [2.45, 2.75) is 19.6 Å². The number of esters is 1. The average molecular weight is 372 g/mol. The Hall–Kier alpha value is -2.42. The van der Waals surface area contributed by atoms with Crippen LogP contribution in [-0.2, 0) is 9.53 Å². The molecule has 0 aromatic heterocycles. The van der Waals surface area contributed by atoms with Crippen LogP contribution in [0.5, 0.6) is 11.5 Å². The number of rotatable bonds is 6. The molecule has 0 saturated carbocycles. The van der Waals surface area contributed by atoms with E-state index in [-0.39, 0.29) is 18.1 Å². The number of carbonyl (C=O) groups excluding carboxylic acids is 1. The van der Waals surface area contributed by atoms with E-state index < -0.39 is 24.5 Å². The molecule has 9 heteroatoms. The molecule has 136 valence electrons. The number of halogens is 2. The molecule has 25 heavy (non-hydrogen) atoms. The Morgan fingerprint density at radius 1 is 1.40 bits per heavy atom. The van der Waals surface area contributed by atoms with Crippen LogP contribution in [0.15, 0.2) is 30.5 Å². The van der Waals surface area contributed by atoms with Crippen LogP contribution in [0.4, 0.5) is 8.78 Å². The first-order valence-electron chi connectivity index (χ1n) is 7.43. The van der Waals surface area contributed by atoms with Crippen LogP contribution < -0.4 is 20.1 Å². The van der Waals surface area contributed by atoms with Crippen LogP contribution >= 0.6 is 12.2 Å². The number of alkyl halides is 2. The lowest BCUT2D eigenvalue weighted by Crippen LogP contribution is -2.51. The van der Waals surface area contributed by atoms with E-state index in [0.29, 0.717) is 16.4 Å². The van der Waals surface area contributed by atoms with E-state index in [9.17, 15) is 13.6 Å². The van der Waals surface area contributed by atoms with E-state index in [1.54, 1.807) is 13.0 Å². The molecular weight excluding hydrogens is 354 g/mol. The molecule has 0 unspecified atom stereocenters. The zero-order chi connectivity index (χ0) is 18.6. The zero-order valence-electron chi connectivity index (χ0n) is 13.7. The Morgan fingerprint density at radius 3 is 2.72 bits per heavy atom. The van der Waals surface area contributed by atoms with Crippen molar-refractivity contribution < 1.29 is 27.8 Å². The van der Waals surface area contributed by atoms with E-state index in [4.69, 9.17) is 21.7 Å². The zero-order valence-corrected chi connectivity index (χ0v) is 14.5. The van der Waals surface area contributed by atoms with Crippen molar-refractivity contribution in [1.29, 1.82) is 0 Å². The molecule has 1 aromatic carbocycles. The molecule has 0 radical (unpaired) electrons. The maximum Gasteiger partial charge on any atom is 0.387 e. The van der Waals surface area contributed by atoms with Gasteiger partial charge in [0.25, 0.3) is 0 Å². The molecule has 6 nitrogen and oxygen atoms in total. The predicted octanol–water partition coefficient (Wildman–Crippen LogP) is 2.51. The molecule has 2 rings (SSSR count). The van der Waals surface area contributed by atoms with Gasteiger partial charge in [0, 0.05) is 5.70 Å². The van der Waals surface area contributed by atoms with Gasteiger partial charge in [-0.2, -0.15) is 8.78 Å². The van der Waals surface area contributed by atoms with Gasteiger partial charge in [0.05, 0.1) is 19.8 Å². The molecule has 1 aliphatic rings. The Labute approximate surface area is 149 Å². The predicted molar refractivity (Wildman–Crippen MR) is 90.5 cm³/mol. The number of thiocarbonyl (C=S) groups is 1. The highest BCUT2D eigenvalue weighted by Crippen LogP contribution is 2.36. The summed E-state index contributed by atoms with van der Waals surface area (Å²) in [5.74, 6) is -1.23. The summed E-state index contributed by atoms with van der Waals surface area (Å²) in [4.78, 5) is 12.3. The molecule has 0 bridgehead atoms. The fourth-order valence-electron chi connectivity index (χ4n) is 2.54. The second-order valence-electron chi connectivity index (χ2n) is 5.12. The van der Waals surface area contributed by atoms with Crippen molar-refractivity contribution in [3.8, 4) is 11.5 Å². The van der Waals surface area contributed by atoms with Gasteiger partial charge in [0.15, 0.2) is 16.6 Å². The van der Waals surface area contributed by atoms with Gasteiger partial charge >= 0.3 is 12.6 Å². The largest absolute Gasteiger partial charge is 0.493 e. The maximum absolute atomic E-state index is 12.5. The molecule has 0 amide bonds. The van der Waals surface area contributed by atoms with Gasteiger partial charge in [-0.3, -0.25) is 4.79 Å². The Bertz CT molecular complexity index is 684. The monoisotopic (exact) mass is 372 g/mol. The van der Waals surface area contributed by atoms with Crippen LogP contribution in [0.2, 0.25) is 0 Å². The maximum atomic E-state index is 12.5. The van der Waals surface area contributed by atoms with Gasteiger partial charge in [-0.25, -0.2) is 0 Å². The van der Waals surface area contributed by atoms with Gasteiger partial charge in [0.2, 0.25) is 0 Å². The van der Waals surface area contributed by atoms with Crippen LogP contribution in [0.1, 0.15) is 18.5 Å². The summed E-state index contributed by atoms with van der Waals surface area (Å²) in [7, 11) is 1.33. The first-order valence-corrected chi connectivity index (χ1v) is 7.83. The number of carbonyl (C=O) groups is 1. The van der Waals surface area contributed by atoms with Gasteiger partial charge < -0.3 is 24.8 Å². The van der Waals surface area contributed by atoms with Crippen molar-refractivity contribution in [3.63, 3.8) is 0 Å². The van der Waals surface area contributed by atoms with E-state index in [1.165, 1.54) is 19.2 Å². The summed E-state index contributed by atoms with van der Waals surface area (Å²) in [5.41, 5.74) is 0.973. The minimum atomic E-state index is -2.98. The van der Waals surface area contributed by atoms with Gasteiger partial charge in [-0.15, -0.1) is 0 Å². The lowest BCUT2D eigenvalue weighted by molar-refractivity contribution is -0.147. The second kappa shape index (κ2) is 8.11. The van der Waals surface area contributed by atoms with Crippen molar-refractivity contribution in [3.05, 3.63) is 36.0 Å². The lowest BCUT2D eigenvalue weighted by atomic mass is 9.89. The van der Waals surface area contributed by atoms with Crippen molar-refractivity contribution in [2.24, 2.45) is 5.92 Å². The quantitative estimate of drug-likeness (QED) is 0.587. The molecule has 1 aromatic rings. The van der Waals surface area contributed by atoms with Gasteiger partial charge in [0.1, 0.15) is 5.92 Å². The molecule has 1 aliphatic heterocycles. The third-order valence-corrected chi connectivity index (χ3v) is 3.79. The summed E-state index contributed by atoms with van der Waals surface area (Å²) in [6.07, 6.45) is 0.